The maximum atomic E-state index is 11.8. The van der Waals surface area contributed by atoms with Crippen molar-refractivity contribution in [3.63, 3.8) is 0 Å². The molecule has 1 aromatic rings. The van der Waals surface area contributed by atoms with Crippen molar-refractivity contribution in [1.82, 2.24) is 4.57 Å². The third-order valence-corrected chi connectivity index (χ3v) is 4.54. The van der Waals surface area contributed by atoms with E-state index >= 15 is 0 Å². The third-order valence-electron chi connectivity index (χ3n) is 4.21. The Labute approximate surface area is 150 Å². The Morgan fingerprint density at radius 1 is 1.29 bits per heavy atom. The van der Waals surface area contributed by atoms with Crippen LogP contribution in [0.25, 0.3) is 0 Å². The number of nitrogens with one attached hydrogen (secondary N) is 1. The number of halogens is 1. The lowest BCUT2D eigenvalue weighted by Crippen LogP contribution is -2.41. The lowest BCUT2D eigenvalue weighted by molar-refractivity contribution is -0.143. The molecule has 0 amide bonds. The molecule has 0 saturated carbocycles. The van der Waals surface area contributed by atoms with Crippen molar-refractivity contribution < 1.29 is 24.3 Å². The summed E-state index contributed by atoms with van der Waals surface area (Å²) in [5.41, 5.74) is 0.127. The standard InChI is InChI=1S/C15H22BBrN2O4.H2O/c1-14(2)15(3,4)23-16(22-14)11-5-6-12(18)19(9-11)10-13(20)21-8-7-17;/h5-6,9,18H,7-8,10H2,1-4H3;1H2. The first kappa shape index (κ1) is 20.9. The highest BCUT2D eigenvalue weighted by atomic mass is 79.9. The predicted octanol–water partition coefficient (Wildman–Crippen LogP) is 0.380. The highest BCUT2D eigenvalue weighted by molar-refractivity contribution is 9.09. The number of rotatable bonds is 5. The van der Waals surface area contributed by atoms with Gasteiger partial charge in [0.2, 0.25) is 0 Å². The number of pyridine rings is 1. The molecule has 1 aliphatic heterocycles. The maximum absolute atomic E-state index is 11.8. The van der Waals surface area contributed by atoms with Gasteiger partial charge >= 0.3 is 13.1 Å². The van der Waals surface area contributed by atoms with Gasteiger partial charge in [0.15, 0.2) is 0 Å². The molecular weight excluding hydrogens is 379 g/mol. The lowest BCUT2D eigenvalue weighted by atomic mass is 9.80. The van der Waals surface area contributed by atoms with Gasteiger partial charge in [-0.3, -0.25) is 10.2 Å². The molecular formula is C15H24BBrN2O5. The Morgan fingerprint density at radius 3 is 2.42 bits per heavy atom. The summed E-state index contributed by atoms with van der Waals surface area (Å²) >= 11 is 3.20. The van der Waals surface area contributed by atoms with E-state index in [1.165, 1.54) is 4.57 Å². The first-order chi connectivity index (χ1) is 10.7. The van der Waals surface area contributed by atoms with E-state index in [-0.39, 0.29) is 23.5 Å². The summed E-state index contributed by atoms with van der Waals surface area (Å²) in [7, 11) is -0.523. The van der Waals surface area contributed by atoms with E-state index in [0.717, 1.165) is 5.46 Å². The summed E-state index contributed by atoms with van der Waals surface area (Å²) in [5.74, 6) is -0.381. The smallest absolute Gasteiger partial charge is 0.463 e. The fourth-order valence-corrected chi connectivity index (χ4v) is 2.31. The normalized spacial score (nSPS) is 18.1. The van der Waals surface area contributed by atoms with Crippen molar-refractivity contribution in [3.8, 4) is 0 Å². The number of esters is 1. The molecule has 0 spiro atoms. The second-order valence-electron chi connectivity index (χ2n) is 6.47. The van der Waals surface area contributed by atoms with Crippen LogP contribution in [-0.4, -0.2) is 46.3 Å². The van der Waals surface area contributed by atoms with E-state index in [0.29, 0.717) is 11.9 Å². The Kier molecular flexibility index (Phi) is 6.80. The number of carbonyl (C=O) groups excluding carboxylic acids is 1. The monoisotopic (exact) mass is 402 g/mol. The molecule has 7 nitrogen and oxygen atoms in total. The van der Waals surface area contributed by atoms with Crippen molar-refractivity contribution in [1.29, 1.82) is 5.41 Å². The number of aromatic nitrogens is 1. The minimum Gasteiger partial charge on any atom is -0.463 e. The van der Waals surface area contributed by atoms with Gasteiger partial charge in [-0.25, -0.2) is 0 Å². The predicted molar refractivity (Wildman–Crippen MR) is 94.4 cm³/mol. The van der Waals surface area contributed by atoms with E-state index in [4.69, 9.17) is 19.5 Å². The summed E-state index contributed by atoms with van der Waals surface area (Å²) in [6.07, 6.45) is 1.71. The zero-order valence-corrected chi connectivity index (χ0v) is 16.0. The second-order valence-corrected chi connectivity index (χ2v) is 7.27. The Balaban J connectivity index is 0.00000288. The molecule has 1 fully saturated rings. The highest BCUT2D eigenvalue weighted by Crippen LogP contribution is 2.36. The molecule has 134 valence electrons. The summed E-state index contributed by atoms with van der Waals surface area (Å²) in [5, 5.41) is 8.52. The van der Waals surface area contributed by atoms with Crippen LogP contribution < -0.4 is 11.0 Å². The molecule has 3 N–H and O–H groups in total. The largest absolute Gasteiger partial charge is 0.496 e. The average molecular weight is 403 g/mol. The second kappa shape index (κ2) is 7.82. The van der Waals surface area contributed by atoms with E-state index in [1.54, 1.807) is 18.3 Å². The fourth-order valence-electron chi connectivity index (χ4n) is 2.15. The molecule has 0 aliphatic carbocycles. The Bertz CT molecular complexity index is 631. The van der Waals surface area contributed by atoms with Crippen LogP contribution in [0.2, 0.25) is 0 Å². The van der Waals surface area contributed by atoms with Crippen LogP contribution in [0.3, 0.4) is 0 Å². The van der Waals surface area contributed by atoms with Crippen LogP contribution in [0.4, 0.5) is 0 Å². The van der Waals surface area contributed by atoms with Gasteiger partial charge in [0.25, 0.3) is 0 Å². The summed E-state index contributed by atoms with van der Waals surface area (Å²) in [6.45, 7) is 8.23. The molecule has 0 atom stereocenters. The minimum absolute atomic E-state index is 0. The van der Waals surface area contributed by atoms with Gasteiger partial charge in [0.05, 0.1) is 11.2 Å². The molecule has 0 unspecified atom stereocenters. The van der Waals surface area contributed by atoms with Crippen molar-refractivity contribution in [2.75, 3.05) is 11.9 Å². The Morgan fingerprint density at radius 2 is 1.88 bits per heavy atom. The lowest BCUT2D eigenvalue weighted by Gasteiger charge is -2.32. The fraction of sp³-hybridized carbons (Fsp3) is 0.600. The summed E-state index contributed by atoms with van der Waals surface area (Å²) < 4.78 is 18.5. The highest BCUT2D eigenvalue weighted by Gasteiger charge is 2.51. The van der Waals surface area contributed by atoms with Gasteiger partial charge in [-0.1, -0.05) is 22.0 Å². The molecule has 1 aromatic heterocycles. The molecule has 2 rings (SSSR count). The molecule has 24 heavy (non-hydrogen) atoms. The zero-order chi connectivity index (χ0) is 17.3. The van der Waals surface area contributed by atoms with Crippen LogP contribution in [-0.2, 0) is 25.4 Å². The SMILES string of the molecule is CC1(C)OB(c2ccc(=N)n(CC(=O)OCCBr)c2)OC1(C)C.O. The van der Waals surface area contributed by atoms with Crippen LogP contribution in [0.5, 0.6) is 0 Å². The molecule has 0 radical (unpaired) electrons. The van der Waals surface area contributed by atoms with E-state index in [2.05, 4.69) is 15.9 Å². The van der Waals surface area contributed by atoms with Crippen molar-refractivity contribution >= 4 is 34.5 Å². The number of alkyl halides is 1. The van der Waals surface area contributed by atoms with Crippen molar-refractivity contribution in [2.45, 2.75) is 45.4 Å². The topological polar surface area (TPSA) is 105 Å². The minimum atomic E-state index is -0.523. The molecule has 0 bridgehead atoms. The third kappa shape index (κ3) is 4.47. The molecule has 0 aromatic carbocycles. The van der Waals surface area contributed by atoms with Gasteiger partial charge in [0.1, 0.15) is 18.6 Å². The first-order valence-corrected chi connectivity index (χ1v) is 8.60. The van der Waals surface area contributed by atoms with Crippen molar-refractivity contribution in [3.05, 3.63) is 23.8 Å². The summed E-state index contributed by atoms with van der Waals surface area (Å²) in [6, 6.07) is 3.41. The molecule has 1 saturated heterocycles. The van der Waals surface area contributed by atoms with Crippen LogP contribution in [0.1, 0.15) is 27.7 Å². The number of hydrogen-bond donors (Lipinski definition) is 1. The number of nitrogens with zero attached hydrogens (tertiary/aromatic N) is 1. The molecule has 9 heteroatoms. The number of ether oxygens (including phenoxy) is 1. The van der Waals surface area contributed by atoms with Gasteiger partial charge < -0.3 is 24.1 Å². The molecule has 1 aliphatic rings. The van der Waals surface area contributed by atoms with Crippen LogP contribution in [0.15, 0.2) is 18.3 Å². The number of hydrogen-bond acceptors (Lipinski definition) is 5. The quantitative estimate of drug-likeness (QED) is 0.436. The zero-order valence-electron chi connectivity index (χ0n) is 14.4. The Hall–Kier alpha value is -1.16. The van der Waals surface area contributed by atoms with E-state index in [1.807, 2.05) is 27.7 Å². The van der Waals surface area contributed by atoms with Gasteiger partial charge in [-0.2, -0.15) is 0 Å². The maximum Gasteiger partial charge on any atom is 0.496 e. The first-order valence-electron chi connectivity index (χ1n) is 7.48. The number of carbonyl (C=O) groups is 1. The van der Waals surface area contributed by atoms with Gasteiger partial charge in [-0.05, 0) is 39.2 Å². The summed E-state index contributed by atoms with van der Waals surface area (Å²) in [4.78, 5) is 11.8. The van der Waals surface area contributed by atoms with Gasteiger partial charge in [0, 0.05) is 11.5 Å². The van der Waals surface area contributed by atoms with E-state index < -0.39 is 18.3 Å². The van der Waals surface area contributed by atoms with Crippen LogP contribution in [0, 0.1) is 5.41 Å². The van der Waals surface area contributed by atoms with Crippen molar-refractivity contribution in [2.24, 2.45) is 0 Å². The van der Waals surface area contributed by atoms with Gasteiger partial charge in [-0.15, -0.1) is 0 Å². The average Bonchev–Trinajstić information content (AvgIpc) is 2.67. The van der Waals surface area contributed by atoms with Crippen LogP contribution >= 0.6 is 15.9 Å². The molecule has 2 heterocycles. The van der Waals surface area contributed by atoms with E-state index in [9.17, 15) is 4.79 Å².